The Labute approximate surface area is 146 Å². The summed E-state index contributed by atoms with van der Waals surface area (Å²) in [6, 6.07) is -0.251. The van der Waals surface area contributed by atoms with Gasteiger partial charge in [-0.1, -0.05) is 64.7 Å². The minimum absolute atomic E-state index is 0.251. The molecule has 0 rings (SSSR count). The van der Waals surface area contributed by atoms with E-state index in [9.17, 15) is 4.79 Å². The van der Waals surface area contributed by atoms with E-state index in [0.717, 1.165) is 12.2 Å². The summed E-state index contributed by atoms with van der Waals surface area (Å²) in [6.45, 7) is 2.96. The van der Waals surface area contributed by atoms with Crippen LogP contribution in [0, 0.1) is 0 Å². The smallest absolute Gasteiger partial charge is 0.319 e. The van der Waals surface area contributed by atoms with Crippen LogP contribution in [0.1, 0.15) is 77.6 Å². The molecular weight excluding hydrogens is 308 g/mol. The van der Waals surface area contributed by atoms with Crippen molar-refractivity contribution in [2.24, 2.45) is 10.9 Å². The van der Waals surface area contributed by atoms with Crippen LogP contribution in [0.2, 0.25) is 0 Å². The third-order valence-corrected chi connectivity index (χ3v) is 4.82. The number of rotatable bonds is 16. The Morgan fingerprint density at radius 2 is 1.52 bits per heavy atom. The van der Waals surface area contributed by atoms with Gasteiger partial charge in [-0.3, -0.25) is 5.32 Å². The molecule has 0 fully saturated rings. The van der Waals surface area contributed by atoms with Crippen LogP contribution in [0.5, 0.6) is 0 Å². The normalized spacial score (nSPS) is 11.0. The molecule has 0 saturated heterocycles. The van der Waals surface area contributed by atoms with Crippen LogP contribution < -0.4 is 16.5 Å². The summed E-state index contributed by atoms with van der Waals surface area (Å²) in [4.78, 5) is 11.2. The fraction of sp³-hybridized carbons (Fsp3) is 0.882. The zero-order valence-electron chi connectivity index (χ0n) is 14.8. The van der Waals surface area contributed by atoms with Gasteiger partial charge in [0.25, 0.3) is 0 Å². The van der Waals surface area contributed by atoms with E-state index in [0.29, 0.717) is 6.54 Å². The predicted octanol–water partition coefficient (Wildman–Crippen LogP) is 4.23. The quantitative estimate of drug-likeness (QED) is 0.129. The lowest BCUT2D eigenvalue weighted by molar-refractivity contribution is 0.245. The molecule has 4 N–H and O–H groups in total. The lowest BCUT2D eigenvalue weighted by Gasteiger charge is -2.05. The summed E-state index contributed by atoms with van der Waals surface area (Å²) < 4.78 is 0. The van der Waals surface area contributed by atoms with Gasteiger partial charge in [-0.2, -0.15) is 16.9 Å². The third kappa shape index (κ3) is 19.0. The Hall–Kier alpha value is -0.910. The number of hydrogen-bond donors (Lipinski definition) is 3. The number of urea groups is 1. The Kier molecular flexibility index (Phi) is 18.4. The molecule has 6 heteroatoms. The molecule has 0 radical (unpaired) electrons. The Balaban J connectivity index is 3.06. The Morgan fingerprint density at radius 1 is 0.957 bits per heavy atom. The zero-order chi connectivity index (χ0) is 17.0. The van der Waals surface area contributed by atoms with Gasteiger partial charge in [0.15, 0.2) is 0 Å². The largest absolute Gasteiger partial charge is 0.338 e. The van der Waals surface area contributed by atoms with E-state index in [-0.39, 0.29) is 6.03 Å². The van der Waals surface area contributed by atoms with Crippen molar-refractivity contribution in [2.75, 3.05) is 18.1 Å². The van der Waals surface area contributed by atoms with E-state index < -0.39 is 0 Å². The zero-order valence-corrected chi connectivity index (χ0v) is 15.6. The van der Waals surface area contributed by atoms with Crippen molar-refractivity contribution in [2.45, 2.75) is 77.6 Å². The molecule has 0 bridgehead atoms. The van der Waals surface area contributed by atoms with Gasteiger partial charge in [-0.15, -0.1) is 0 Å². The minimum Gasteiger partial charge on any atom is -0.338 e. The molecule has 0 aliphatic rings. The number of thioether (sulfide) groups is 1. The molecule has 0 unspecified atom stereocenters. The van der Waals surface area contributed by atoms with E-state index in [1.165, 1.54) is 76.3 Å². The number of nitrogens with two attached hydrogens (primary N) is 1. The van der Waals surface area contributed by atoms with Crippen LogP contribution in [0.3, 0.4) is 0 Å². The summed E-state index contributed by atoms with van der Waals surface area (Å²) in [5.41, 5.74) is 0. The number of nitrogens with zero attached hydrogens (tertiary/aromatic N) is 1. The summed E-state index contributed by atoms with van der Waals surface area (Å²) in [6.07, 6.45) is 16.1. The molecular formula is C17H36N4OS. The lowest BCUT2D eigenvalue weighted by Crippen LogP contribution is -2.35. The fourth-order valence-corrected chi connectivity index (χ4v) is 3.28. The molecule has 0 aromatic carbocycles. The maximum Gasteiger partial charge on any atom is 0.319 e. The van der Waals surface area contributed by atoms with Crippen molar-refractivity contribution in [3.05, 3.63) is 0 Å². The highest BCUT2D eigenvalue weighted by molar-refractivity contribution is 7.99. The average Bonchev–Trinajstić information content (AvgIpc) is 2.56. The van der Waals surface area contributed by atoms with Crippen molar-refractivity contribution >= 4 is 24.1 Å². The SMILES string of the molecule is CCCCCCCCCCCCSCCCNC(=O)NC=NN. The van der Waals surface area contributed by atoms with Gasteiger partial charge in [-0.05, 0) is 24.3 Å². The number of unbranched alkanes of at least 4 members (excludes halogenated alkanes) is 9. The van der Waals surface area contributed by atoms with Crippen molar-refractivity contribution < 1.29 is 4.79 Å². The summed E-state index contributed by atoms with van der Waals surface area (Å²) in [5, 5.41) is 8.35. The molecule has 0 aromatic heterocycles. The van der Waals surface area contributed by atoms with Crippen LogP contribution in [0.4, 0.5) is 4.79 Å². The fourth-order valence-electron chi connectivity index (χ4n) is 2.32. The van der Waals surface area contributed by atoms with Crippen molar-refractivity contribution in [3.63, 3.8) is 0 Å². The first-order valence-corrected chi connectivity index (χ1v) is 10.3. The number of carbonyl (C=O) groups excluding carboxylic acids is 1. The summed E-state index contributed by atoms with van der Waals surface area (Å²) in [7, 11) is 0. The first-order valence-electron chi connectivity index (χ1n) is 9.15. The number of hydrazone groups is 1. The highest BCUT2D eigenvalue weighted by atomic mass is 32.2. The van der Waals surface area contributed by atoms with Crippen molar-refractivity contribution in [1.82, 2.24) is 10.6 Å². The van der Waals surface area contributed by atoms with E-state index in [2.05, 4.69) is 22.7 Å². The molecule has 5 nitrogen and oxygen atoms in total. The van der Waals surface area contributed by atoms with Gasteiger partial charge in [-0.25, -0.2) is 4.79 Å². The highest BCUT2D eigenvalue weighted by Gasteiger charge is 1.97. The first kappa shape index (κ1) is 22.1. The molecule has 2 amide bonds. The summed E-state index contributed by atoms with van der Waals surface area (Å²) in [5.74, 6) is 7.22. The van der Waals surface area contributed by atoms with Gasteiger partial charge in [0.05, 0.1) is 0 Å². The first-order chi connectivity index (χ1) is 11.3. The van der Waals surface area contributed by atoms with E-state index in [4.69, 9.17) is 5.84 Å². The average molecular weight is 345 g/mol. The van der Waals surface area contributed by atoms with Crippen LogP contribution >= 0.6 is 11.8 Å². The molecule has 23 heavy (non-hydrogen) atoms. The van der Waals surface area contributed by atoms with Crippen LogP contribution in [-0.4, -0.2) is 30.4 Å². The van der Waals surface area contributed by atoms with Crippen LogP contribution in [0.25, 0.3) is 0 Å². The summed E-state index contributed by atoms with van der Waals surface area (Å²) >= 11 is 1.98. The van der Waals surface area contributed by atoms with Crippen LogP contribution in [0.15, 0.2) is 5.10 Å². The monoisotopic (exact) mass is 344 g/mol. The second kappa shape index (κ2) is 19.1. The second-order valence-electron chi connectivity index (χ2n) is 5.83. The van der Waals surface area contributed by atoms with E-state index in [1.54, 1.807) is 0 Å². The number of carbonyl (C=O) groups is 1. The number of amides is 2. The van der Waals surface area contributed by atoms with Gasteiger partial charge >= 0.3 is 6.03 Å². The molecule has 136 valence electrons. The Bertz CT molecular complexity index is 288. The van der Waals surface area contributed by atoms with Gasteiger partial charge < -0.3 is 11.2 Å². The van der Waals surface area contributed by atoms with E-state index in [1.807, 2.05) is 11.8 Å². The van der Waals surface area contributed by atoms with Crippen LogP contribution in [-0.2, 0) is 0 Å². The molecule has 0 aliphatic carbocycles. The molecule has 0 aromatic rings. The Morgan fingerprint density at radius 3 is 2.13 bits per heavy atom. The van der Waals surface area contributed by atoms with Crippen molar-refractivity contribution in [1.29, 1.82) is 0 Å². The van der Waals surface area contributed by atoms with Gasteiger partial charge in [0.2, 0.25) is 0 Å². The van der Waals surface area contributed by atoms with Gasteiger partial charge in [0, 0.05) is 6.54 Å². The number of nitrogens with one attached hydrogen (secondary N) is 2. The topological polar surface area (TPSA) is 79.5 Å². The standard InChI is InChI=1S/C17H36N4OS/c1-2-3-4-5-6-7-8-9-10-11-14-23-15-12-13-19-17(22)20-16-21-18/h16H,2-15,18H2,1H3,(H2,19,20,21,22). The highest BCUT2D eigenvalue weighted by Crippen LogP contribution is 2.12. The molecule has 0 aliphatic heterocycles. The maximum atomic E-state index is 11.2. The molecule has 0 heterocycles. The third-order valence-electron chi connectivity index (χ3n) is 3.66. The minimum atomic E-state index is -0.251. The maximum absolute atomic E-state index is 11.2. The van der Waals surface area contributed by atoms with Crippen molar-refractivity contribution in [3.8, 4) is 0 Å². The molecule has 0 atom stereocenters. The lowest BCUT2D eigenvalue weighted by atomic mass is 10.1. The van der Waals surface area contributed by atoms with E-state index >= 15 is 0 Å². The molecule has 0 spiro atoms. The van der Waals surface area contributed by atoms with Gasteiger partial charge in [0.1, 0.15) is 6.34 Å². The molecule has 0 saturated carbocycles. The predicted molar refractivity (Wildman–Crippen MR) is 103 cm³/mol. The second-order valence-corrected chi connectivity index (χ2v) is 7.05. The number of hydrogen-bond acceptors (Lipinski definition) is 4.